The lowest BCUT2D eigenvalue weighted by Crippen LogP contribution is -2.61. The number of nitrogens with one attached hydrogen (secondary N) is 1. The zero-order chi connectivity index (χ0) is 10.2. The van der Waals surface area contributed by atoms with E-state index >= 15 is 0 Å². The summed E-state index contributed by atoms with van der Waals surface area (Å²) in [7, 11) is 0. The summed E-state index contributed by atoms with van der Waals surface area (Å²) in [5.74, 6) is 1.36. The number of hydrogen-bond acceptors (Lipinski definition) is 4. The molecule has 4 nitrogen and oxygen atoms in total. The van der Waals surface area contributed by atoms with Crippen molar-refractivity contribution in [2.24, 2.45) is 16.6 Å². The minimum absolute atomic E-state index is 0.212. The summed E-state index contributed by atoms with van der Waals surface area (Å²) in [5.41, 5.74) is 6.13. The van der Waals surface area contributed by atoms with Gasteiger partial charge in [-0.15, -0.1) is 0 Å². The molecule has 0 aromatic carbocycles. The monoisotopic (exact) mass is 196 g/mol. The van der Waals surface area contributed by atoms with Gasteiger partial charge in [-0.2, -0.15) is 0 Å². The Morgan fingerprint density at radius 2 is 2.50 bits per heavy atom. The number of rotatable bonds is 1. The highest BCUT2D eigenvalue weighted by Crippen LogP contribution is 2.34. The third-order valence-corrected chi connectivity index (χ3v) is 3.75. The summed E-state index contributed by atoms with van der Waals surface area (Å²) in [4.78, 5) is 6.70. The van der Waals surface area contributed by atoms with Crippen molar-refractivity contribution < 1.29 is 0 Å². The van der Waals surface area contributed by atoms with Crippen LogP contribution >= 0.6 is 0 Å². The first-order valence-corrected chi connectivity index (χ1v) is 5.49. The summed E-state index contributed by atoms with van der Waals surface area (Å²) in [5, 5.41) is 3.43. The molecule has 0 saturated carbocycles. The zero-order valence-corrected chi connectivity index (χ0v) is 9.08. The first kappa shape index (κ1) is 9.77. The molecule has 4 heteroatoms. The van der Waals surface area contributed by atoms with Crippen LogP contribution in [0.1, 0.15) is 20.3 Å². The fourth-order valence-electron chi connectivity index (χ4n) is 2.79. The molecule has 1 spiro atoms. The molecule has 0 aliphatic carbocycles. The van der Waals surface area contributed by atoms with E-state index in [2.05, 4.69) is 29.1 Å². The van der Waals surface area contributed by atoms with E-state index in [1.54, 1.807) is 0 Å². The molecule has 0 radical (unpaired) electrons. The van der Waals surface area contributed by atoms with Crippen LogP contribution in [0.15, 0.2) is 4.99 Å². The number of hydrogen-bond donors (Lipinski definition) is 2. The second kappa shape index (κ2) is 3.42. The first-order valence-electron chi connectivity index (χ1n) is 5.49. The summed E-state index contributed by atoms with van der Waals surface area (Å²) < 4.78 is 0. The van der Waals surface area contributed by atoms with Crippen molar-refractivity contribution in [1.82, 2.24) is 10.2 Å². The van der Waals surface area contributed by atoms with Crippen LogP contribution in [-0.2, 0) is 0 Å². The maximum atomic E-state index is 5.91. The van der Waals surface area contributed by atoms with Crippen molar-refractivity contribution in [2.45, 2.75) is 25.8 Å². The van der Waals surface area contributed by atoms with Crippen molar-refractivity contribution in [3.05, 3.63) is 0 Å². The van der Waals surface area contributed by atoms with E-state index in [-0.39, 0.29) is 5.54 Å². The van der Waals surface area contributed by atoms with Gasteiger partial charge in [0.1, 0.15) is 0 Å². The van der Waals surface area contributed by atoms with E-state index in [0.717, 1.165) is 38.6 Å². The van der Waals surface area contributed by atoms with Gasteiger partial charge in [-0.05, 0) is 32.4 Å². The van der Waals surface area contributed by atoms with Crippen LogP contribution in [0.25, 0.3) is 0 Å². The highest BCUT2D eigenvalue weighted by atomic mass is 15.4. The molecule has 2 rings (SSSR count). The average molecular weight is 196 g/mol. The average Bonchev–Trinajstić information content (AvgIpc) is 2.50. The topological polar surface area (TPSA) is 53.6 Å². The van der Waals surface area contributed by atoms with E-state index in [1.807, 2.05) is 0 Å². The Balaban J connectivity index is 2.22. The lowest BCUT2D eigenvalue weighted by molar-refractivity contribution is 0.0973. The summed E-state index contributed by atoms with van der Waals surface area (Å²) in [6.07, 6.45) is 1.16. The summed E-state index contributed by atoms with van der Waals surface area (Å²) in [6.45, 7) is 8.48. The standard InChI is InChI=1S/C10H20N4/c1-3-14-9(11)13-7-10(14)4-5-12-6-8(10)2/h8,12H,3-7H2,1-2H3,(H2,11,13). The van der Waals surface area contributed by atoms with Gasteiger partial charge in [0.2, 0.25) is 0 Å². The van der Waals surface area contributed by atoms with Crippen LogP contribution < -0.4 is 11.1 Å². The Morgan fingerprint density at radius 1 is 1.71 bits per heavy atom. The molecule has 1 fully saturated rings. The second-order valence-corrected chi connectivity index (χ2v) is 4.38. The van der Waals surface area contributed by atoms with Gasteiger partial charge in [-0.1, -0.05) is 6.92 Å². The molecule has 2 unspecified atom stereocenters. The maximum Gasteiger partial charge on any atom is 0.191 e. The lowest BCUT2D eigenvalue weighted by atomic mass is 9.79. The number of likely N-dealkylation sites (N-methyl/N-ethyl adjacent to an activating group) is 1. The Hall–Kier alpha value is -0.770. The zero-order valence-electron chi connectivity index (χ0n) is 9.08. The van der Waals surface area contributed by atoms with E-state index < -0.39 is 0 Å². The second-order valence-electron chi connectivity index (χ2n) is 4.38. The molecule has 2 aliphatic rings. The van der Waals surface area contributed by atoms with Crippen LogP contribution in [0.4, 0.5) is 0 Å². The van der Waals surface area contributed by atoms with E-state index in [1.165, 1.54) is 0 Å². The van der Waals surface area contributed by atoms with Gasteiger partial charge >= 0.3 is 0 Å². The van der Waals surface area contributed by atoms with Gasteiger partial charge in [0, 0.05) is 6.54 Å². The van der Waals surface area contributed by atoms with Gasteiger partial charge in [0.25, 0.3) is 0 Å². The molecule has 0 bridgehead atoms. The van der Waals surface area contributed by atoms with Gasteiger partial charge in [-0.25, -0.2) is 0 Å². The molecule has 3 N–H and O–H groups in total. The van der Waals surface area contributed by atoms with Crippen molar-refractivity contribution in [3.8, 4) is 0 Å². The molecule has 0 aromatic heterocycles. The van der Waals surface area contributed by atoms with Crippen molar-refractivity contribution in [1.29, 1.82) is 0 Å². The van der Waals surface area contributed by atoms with E-state index in [9.17, 15) is 0 Å². The lowest BCUT2D eigenvalue weighted by Gasteiger charge is -2.46. The third kappa shape index (κ3) is 1.21. The normalized spacial score (nSPS) is 37.7. The van der Waals surface area contributed by atoms with Crippen LogP contribution in [0.3, 0.4) is 0 Å². The first-order chi connectivity index (χ1) is 6.70. The predicted molar refractivity (Wildman–Crippen MR) is 58.3 cm³/mol. The molecule has 0 aromatic rings. The molecule has 14 heavy (non-hydrogen) atoms. The number of nitrogens with zero attached hydrogens (tertiary/aromatic N) is 2. The smallest absolute Gasteiger partial charge is 0.191 e. The molecular formula is C10H20N4. The number of guanidine groups is 1. The van der Waals surface area contributed by atoms with E-state index in [4.69, 9.17) is 5.73 Å². The van der Waals surface area contributed by atoms with Gasteiger partial charge < -0.3 is 16.0 Å². The summed E-state index contributed by atoms with van der Waals surface area (Å²) >= 11 is 0. The quantitative estimate of drug-likeness (QED) is 0.621. The van der Waals surface area contributed by atoms with E-state index in [0.29, 0.717) is 5.92 Å². The molecule has 2 atom stereocenters. The SMILES string of the molecule is CCN1C(N)=NCC12CCNCC2C. The largest absolute Gasteiger partial charge is 0.370 e. The molecule has 2 aliphatic heterocycles. The Kier molecular flexibility index (Phi) is 2.39. The Morgan fingerprint density at radius 3 is 3.14 bits per heavy atom. The minimum atomic E-state index is 0.212. The van der Waals surface area contributed by atoms with Crippen LogP contribution in [-0.4, -0.2) is 42.6 Å². The number of nitrogens with two attached hydrogens (primary N) is 1. The van der Waals surface area contributed by atoms with Crippen LogP contribution in [0.2, 0.25) is 0 Å². The van der Waals surface area contributed by atoms with Crippen LogP contribution in [0, 0.1) is 5.92 Å². The maximum absolute atomic E-state index is 5.91. The van der Waals surface area contributed by atoms with Crippen molar-refractivity contribution >= 4 is 5.96 Å². The molecule has 0 amide bonds. The highest BCUT2D eigenvalue weighted by Gasteiger charge is 2.46. The minimum Gasteiger partial charge on any atom is -0.370 e. The molecule has 80 valence electrons. The highest BCUT2D eigenvalue weighted by molar-refractivity contribution is 5.81. The molecule has 1 saturated heterocycles. The fraction of sp³-hybridized carbons (Fsp3) is 0.900. The Labute approximate surface area is 85.6 Å². The molecule has 2 heterocycles. The fourth-order valence-corrected chi connectivity index (χ4v) is 2.79. The van der Waals surface area contributed by atoms with Crippen LogP contribution in [0.5, 0.6) is 0 Å². The van der Waals surface area contributed by atoms with Gasteiger partial charge in [0.05, 0.1) is 12.1 Å². The third-order valence-electron chi connectivity index (χ3n) is 3.75. The number of aliphatic imine (C=N–C) groups is 1. The number of piperidine rings is 1. The predicted octanol–water partition coefficient (Wildman–Crippen LogP) is 0.00480. The van der Waals surface area contributed by atoms with Gasteiger partial charge in [0.15, 0.2) is 5.96 Å². The molecular weight excluding hydrogens is 176 g/mol. The van der Waals surface area contributed by atoms with Crippen molar-refractivity contribution in [3.63, 3.8) is 0 Å². The Bertz CT molecular complexity index is 251. The summed E-state index contributed by atoms with van der Waals surface area (Å²) in [6, 6.07) is 0. The van der Waals surface area contributed by atoms with Gasteiger partial charge in [-0.3, -0.25) is 4.99 Å². The van der Waals surface area contributed by atoms with Crippen molar-refractivity contribution in [2.75, 3.05) is 26.2 Å².